The molecule has 0 spiro atoms. The van der Waals surface area contributed by atoms with Crippen molar-refractivity contribution in [3.8, 4) is 17.2 Å². The SMILES string of the molecule is COc1ccc(CCNC(=O)C(=O)N/N=C\c2ccccc2O)cc1OC. The summed E-state index contributed by atoms with van der Waals surface area (Å²) in [5, 5.41) is 15.7. The lowest BCUT2D eigenvalue weighted by Gasteiger charge is -2.10. The van der Waals surface area contributed by atoms with E-state index in [4.69, 9.17) is 9.47 Å². The molecule has 27 heavy (non-hydrogen) atoms. The van der Waals surface area contributed by atoms with Gasteiger partial charge in [-0.25, -0.2) is 5.43 Å². The first kappa shape index (κ1) is 19.8. The van der Waals surface area contributed by atoms with Crippen LogP contribution in [-0.4, -0.2) is 43.9 Å². The first-order chi connectivity index (χ1) is 13.0. The number of hydrogen-bond donors (Lipinski definition) is 3. The van der Waals surface area contributed by atoms with Crippen LogP contribution in [-0.2, 0) is 16.0 Å². The van der Waals surface area contributed by atoms with Gasteiger partial charge in [0.2, 0.25) is 0 Å². The van der Waals surface area contributed by atoms with Crippen LogP contribution in [0.5, 0.6) is 17.2 Å². The van der Waals surface area contributed by atoms with Gasteiger partial charge in [0, 0.05) is 12.1 Å². The third-order valence-electron chi connectivity index (χ3n) is 3.66. The number of methoxy groups -OCH3 is 2. The Hall–Kier alpha value is -3.55. The maximum Gasteiger partial charge on any atom is 0.329 e. The lowest BCUT2D eigenvalue weighted by Crippen LogP contribution is -2.38. The maximum absolute atomic E-state index is 11.8. The number of rotatable bonds is 7. The normalized spacial score (nSPS) is 10.4. The minimum absolute atomic E-state index is 0.0230. The van der Waals surface area contributed by atoms with Crippen molar-refractivity contribution in [1.29, 1.82) is 0 Å². The molecule has 142 valence electrons. The highest BCUT2D eigenvalue weighted by Gasteiger charge is 2.12. The predicted octanol–water partition coefficient (Wildman–Crippen LogP) is 1.22. The third-order valence-corrected chi connectivity index (χ3v) is 3.66. The predicted molar refractivity (Wildman–Crippen MR) is 100 cm³/mol. The number of phenolic OH excluding ortho intramolecular Hbond substituents is 1. The lowest BCUT2D eigenvalue weighted by molar-refractivity contribution is -0.139. The van der Waals surface area contributed by atoms with Crippen LogP contribution < -0.4 is 20.2 Å². The molecule has 0 saturated carbocycles. The minimum atomic E-state index is -0.894. The zero-order valence-electron chi connectivity index (χ0n) is 15.1. The molecule has 2 aromatic rings. The largest absolute Gasteiger partial charge is 0.507 e. The van der Waals surface area contributed by atoms with Crippen molar-refractivity contribution >= 4 is 18.0 Å². The third kappa shape index (κ3) is 5.74. The molecule has 2 rings (SSSR count). The number of ether oxygens (including phenoxy) is 2. The van der Waals surface area contributed by atoms with Crippen LogP contribution in [0.25, 0.3) is 0 Å². The first-order valence-corrected chi connectivity index (χ1v) is 8.15. The minimum Gasteiger partial charge on any atom is -0.507 e. The number of hydrogen-bond acceptors (Lipinski definition) is 6. The Kier molecular flexibility index (Phi) is 7.18. The summed E-state index contributed by atoms with van der Waals surface area (Å²) in [5.41, 5.74) is 3.46. The van der Waals surface area contributed by atoms with Gasteiger partial charge in [-0.1, -0.05) is 18.2 Å². The number of carbonyl (C=O) groups is 2. The van der Waals surface area contributed by atoms with Crippen LogP contribution in [0.15, 0.2) is 47.6 Å². The zero-order valence-corrected chi connectivity index (χ0v) is 15.1. The van der Waals surface area contributed by atoms with Gasteiger partial charge < -0.3 is 19.9 Å². The summed E-state index contributed by atoms with van der Waals surface area (Å²) >= 11 is 0. The second-order valence-corrected chi connectivity index (χ2v) is 5.45. The number of nitrogens with zero attached hydrogens (tertiary/aromatic N) is 1. The Balaban J connectivity index is 1.80. The molecule has 2 amide bonds. The van der Waals surface area contributed by atoms with Crippen molar-refractivity contribution < 1.29 is 24.2 Å². The molecule has 0 unspecified atom stereocenters. The van der Waals surface area contributed by atoms with E-state index in [0.717, 1.165) is 5.56 Å². The maximum atomic E-state index is 11.8. The van der Waals surface area contributed by atoms with Crippen molar-refractivity contribution in [3.05, 3.63) is 53.6 Å². The number of amides is 2. The molecule has 8 heteroatoms. The van der Waals surface area contributed by atoms with E-state index in [9.17, 15) is 14.7 Å². The Labute approximate surface area is 156 Å². The summed E-state index contributed by atoms with van der Waals surface area (Å²) in [6.45, 7) is 0.269. The quantitative estimate of drug-likeness (QED) is 0.385. The van der Waals surface area contributed by atoms with Gasteiger partial charge in [-0.2, -0.15) is 5.10 Å². The number of hydrazone groups is 1. The molecule has 0 heterocycles. The van der Waals surface area contributed by atoms with E-state index in [-0.39, 0.29) is 12.3 Å². The summed E-state index contributed by atoms with van der Waals surface area (Å²) in [5.74, 6) is -0.460. The van der Waals surface area contributed by atoms with Crippen molar-refractivity contribution in [2.24, 2.45) is 5.10 Å². The summed E-state index contributed by atoms with van der Waals surface area (Å²) in [4.78, 5) is 23.5. The van der Waals surface area contributed by atoms with E-state index in [0.29, 0.717) is 23.5 Å². The molecule has 0 radical (unpaired) electrons. The highest BCUT2D eigenvalue weighted by molar-refractivity contribution is 6.35. The van der Waals surface area contributed by atoms with Gasteiger partial charge in [-0.05, 0) is 36.2 Å². The standard InChI is InChI=1S/C19H21N3O5/c1-26-16-8-7-13(11-17(16)27-2)9-10-20-18(24)19(25)22-21-12-14-5-3-4-6-15(14)23/h3-8,11-12,23H,9-10H2,1-2H3,(H,20,24)(H,22,25)/b21-12-. The zero-order chi connectivity index (χ0) is 19.6. The second kappa shape index (κ2) is 9.81. The summed E-state index contributed by atoms with van der Waals surface area (Å²) in [6.07, 6.45) is 1.77. The number of aromatic hydroxyl groups is 1. The van der Waals surface area contributed by atoms with Crippen LogP contribution in [0.4, 0.5) is 0 Å². The summed E-state index contributed by atoms with van der Waals surface area (Å²) in [7, 11) is 3.10. The Morgan fingerprint density at radius 3 is 2.52 bits per heavy atom. The van der Waals surface area contributed by atoms with Gasteiger partial charge in [0.25, 0.3) is 0 Å². The second-order valence-electron chi connectivity index (χ2n) is 5.45. The number of nitrogens with one attached hydrogen (secondary N) is 2. The molecule has 0 fully saturated rings. The van der Waals surface area contributed by atoms with E-state index >= 15 is 0 Å². The molecule has 0 saturated heterocycles. The van der Waals surface area contributed by atoms with Crippen LogP contribution >= 0.6 is 0 Å². The molecule has 0 bridgehead atoms. The Morgan fingerprint density at radius 1 is 1.07 bits per heavy atom. The van der Waals surface area contributed by atoms with E-state index in [1.54, 1.807) is 38.5 Å². The average Bonchev–Trinajstić information content (AvgIpc) is 2.69. The fourth-order valence-corrected chi connectivity index (χ4v) is 2.24. The van der Waals surface area contributed by atoms with E-state index in [2.05, 4.69) is 15.8 Å². The number of carbonyl (C=O) groups excluding carboxylic acids is 2. The monoisotopic (exact) mass is 371 g/mol. The molecule has 0 aliphatic carbocycles. The van der Waals surface area contributed by atoms with E-state index < -0.39 is 11.8 Å². The van der Waals surface area contributed by atoms with E-state index in [1.807, 2.05) is 12.1 Å². The number of para-hydroxylation sites is 1. The molecule has 8 nitrogen and oxygen atoms in total. The van der Waals surface area contributed by atoms with Gasteiger partial charge in [0.05, 0.1) is 20.4 Å². The highest BCUT2D eigenvalue weighted by atomic mass is 16.5. The number of benzene rings is 2. The molecular formula is C19H21N3O5. The first-order valence-electron chi connectivity index (χ1n) is 8.15. The molecule has 0 atom stereocenters. The van der Waals surface area contributed by atoms with Crippen LogP contribution in [0, 0.1) is 0 Å². The lowest BCUT2D eigenvalue weighted by atomic mass is 10.1. The molecule has 2 aromatic carbocycles. The van der Waals surface area contributed by atoms with Crippen LogP contribution in [0.2, 0.25) is 0 Å². The van der Waals surface area contributed by atoms with Crippen LogP contribution in [0.1, 0.15) is 11.1 Å². The van der Waals surface area contributed by atoms with Crippen molar-refractivity contribution in [1.82, 2.24) is 10.7 Å². The summed E-state index contributed by atoms with van der Waals surface area (Å²) < 4.78 is 10.4. The smallest absolute Gasteiger partial charge is 0.329 e. The van der Waals surface area contributed by atoms with Crippen molar-refractivity contribution in [3.63, 3.8) is 0 Å². The van der Waals surface area contributed by atoms with Gasteiger partial charge >= 0.3 is 11.8 Å². The van der Waals surface area contributed by atoms with Gasteiger partial charge in [0.15, 0.2) is 11.5 Å². The average molecular weight is 371 g/mol. The van der Waals surface area contributed by atoms with E-state index in [1.165, 1.54) is 12.3 Å². The van der Waals surface area contributed by atoms with Crippen LogP contribution in [0.3, 0.4) is 0 Å². The summed E-state index contributed by atoms with van der Waals surface area (Å²) in [6, 6.07) is 11.9. The van der Waals surface area contributed by atoms with Gasteiger partial charge in [0.1, 0.15) is 5.75 Å². The molecule has 0 aliphatic heterocycles. The van der Waals surface area contributed by atoms with Gasteiger partial charge in [-0.3, -0.25) is 9.59 Å². The number of phenols is 1. The fourth-order valence-electron chi connectivity index (χ4n) is 2.24. The Morgan fingerprint density at radius 2 is 1.81 bits per heavy atom. The molecular weight excluding hydrogens is 350 g/mol. The van der Waals surface area contributed by atoms with Crippen molar-refractivity contribution in [2.75, 3.05) is 20.8 Å². The van der Waals surface area contributed by atoms with Gasteiger partial charge in [-0.15, -0.1) is 0 Å². The topological polar surface area (TPSA) is 109 Å². The molecule has 0 aliphatic rings. The van der Waals surface area contributed by atoms with Crippen molar-refractivity contribution in [2.45, 2.75) is 6.42 Å². The molecule has 0 aromatic heterocycles. The Bertz CT molecular complexity index is 836. The fraction of sp³-hybridized carbons (Fsp3) is 0.211. The highest BCUT2D eigenvalue weighted by Crippen LogP contribution is 2.27. The molecule has 3 N–H and O–H groups in total.